The highest BCUT2D eigenvalue weighted by Crippen LogP contribution is 2.12. The Morgan fingerprint density at radius 2 is 1.78 bits per heavy atom. The molecular weight excluding hydrogens is 469 g/mol. The van der Waals surface area contributed by atoms with Crippen molar-refractivity contribution in [2.75, 3.05) is 32.7 Å². The third kappa shape index (κ3) is 7.47. The van der Waals surface area contributed by atoms with Crippen molar-refractivity contribution in [2.24, 2.45) is 10.7 Å². The first-order valence-electron chi connectivity index (χ1n) is 8.62. The fraction of sp³-hybridized carbons (Fsp3) is 0.556. The Morgan fingerprint density at radius 3 is 2.33 bits per heavy atom. The number of carbonyl (C=O) groups excluding carboxylic acids is 1. The number of benzene rings is 1. The number of nitrogens with zero attached hydrogens (tertiary/aromatic N) is 3. The van der Waals surface area contributed by atoms with Gasteiger partial charge in [-0.1, -0.05) is 6.07 Å². The number of nitrogens with two attached hydrogens (primary N) is 1. The molecule has 152 valence electrons. The molecule has 0 unspecified atom stereocenters. The number of amides is 1. The number of hydrogen-bond donors (Lipinski definition) is 1. The maximum absolute atomic E-state index is 13.6. The number of halogens is 3. The van der Waals surface area contributed by atoms with E-state index >= 15 is 0 Å². The third-order valence-electron chi connectivity index (χ3n) is 3.93. The van der Waals surface area contributed by atoms with Gasteiger partial charge in [-0.25, -0.2) is 13.6 Å². The summed E-state index contributed by atoms with van der Waals surface area (Å²) in [5, 5.41) is 0. The lowest BCUT2D eigenvalue weighted by atomic mass is 10.1. The summed E-state index contributed by atoms with van der Waals surface area (Å²) in [7, 11) is 0. The summed E-state index contributed by atoms with van der Waals surface area (Å²) < 4.78 is 31.8. The zero-order valence-corrected chi connectivity index (χ0v) is 18.2. The van der Waals surface area contributed by atoms with E-state index in [1.54, 1.807) is 4.90 Å². The SMILES string of the molecule is CC(C)(C)OC(=O)N1CCN(C(N)=NCCc2ccc(F)cc2F)CC1.I. The van der Waals surface area contributed by atoms with E-state index in [0.717, 1.165) is 6.07 Å². The first kappa shape index (κ1) is 23.4. The summed E-state index contributed by atoms with van der Waals surface area (Å²) in [6, 6.07) is 3.50. The number of aliphatic imine (C=N–C) groups is 1. The lowest BCUT2D eigenvalue weighted by molar-refractivity contribution is 0.0186. The van der Waals surface area contributed by atoms with Gasteiger partial charge >= 0.3 is 6.09 Å². The van der Waals surface area contributed by atoms with Gasteiger partial charge in [0.25, 0.3) is 0 Å². The molecule has 1 heterocycles. The van der Waals surface area contributed by atoms with Crippen molar-refractivity contribution in [2.45, 2.75) is 32.8 Å². The summed E-state index contributed by atoms with van der Waals surface area (Å²) in [5.74, 6) is -0.821. The number of guanidine groups is 1. The summed E-state index contributed by atoms with van der Waals surface area (Å²) in [6.07, 6.45) is 0.00414. The van der Waals surface area contributed by atoms with E-state index in [4.69, 9.17) is 10.5 Å². The molecule has 2 N–H and O–H groups in total. The van der Waals surface area contributed by atoms with Crippen LogP contribution in [0.2, 0.25) is 0 Å². The van der Waals surface area contributed by atoms with Gasteiger partial charge in [0.15, 0.2) is 5.96 Å². The van der Waals surface area contributed by atoms with Crippen LogP contribution in [0.3, 0.4) is 0 Å². The van der Waals surface area contributed by atoms with Crippen LogP contribution in [0.4, 0.5) is 13.6 Å². The maximum Gasteiger partial charge on any atom is 0.410 e. The molecule has 0 aromatic heterocycles. The maximum atomic E-state index is 13.6. The van der Waals surface area contributed by atoms with Crippen molar-refractivity contribution in [1.82, 2.24) is 9.80 Å². The molecule has 1 fully saturated rings. The van der Waals surface area contributed by atoms with E-state index in [9.17, 15) is 13.6 Å². The molecule has 0 spiro atoms. The van der Waals surface area contributed by atoms with E-state index < -0.39 is 17.2 Å². The van der Waals surface area contributed by atoms with E-state index in [-0.39, 0.29) is 30.1 Å². The van der Waals surface area contributed by atoms with Crippen LogP contribution >= 0.6 is 24.0 Å². The van der Waals surface area contributed by atoms with Gasteiger partial charge in [0.1, 0.15) is 17.2 Å². The molecule has 1 aliphatic rings. The highest BCUT2D eigenvalue weighted by Gasteiger charge is 2.26. The second-order valence-corrected chi connectivity index (χ2v) is 7.18. The van der Waals surface area contributed by atoms with Gasteiger partial charge in [-0.05, 0) is 38.8 Å². The zero-order valence-electron chi connectivity index (χ0n) is 15.9. The highest BCUT2D eigenvalue weighted by atomic mass is 127. The van der Waals surface area contributed by atoms with Gasteiger partial charge < -0.3 is 20.3 Å². The lowest BCUT2D eigenvalue weighted by Gasteiger charge is -2.36. The van der Waals surface area contributed by atoms with Gasteiger partial charge in [-0.2, -0.15) is 0 Å². The van der Waals surface area contributed by atoms with Crippen LogP contribution in [0, 0.1) is 11.6 Å². The molecule has 0 aliphatic carbocycles. The molecule has 9 heteroatoms. The fourth-order valence-electron chi connectivity index (χ4n) is 2.56. The van der Waals surface area contributed by atoms with Crippen molar-refractivity contribution in [3.63, 3.8) is 0 Å². The zero-order chi connectivity index (χ0) is 19.3. The van der Waals surface area contributed by atoms with Gasteiger partial charge in [0.2, 0.25) is 0 Å². The van der Waals surface area contributed by atoms with Crippen LogP contribution < -0.4 is 5.73 Å². The van der Waals surface area contributed by atoms with Crippen LogP contribution in [0.1, 0.15) is 26.3 Å². The Hall–Kier alpha value is -1.65. The standard InChI is InChI=1S/C18H26F2N4O2.HI/c1-18(2,3)26-17(25)24-10-8-23(9-11-24)16(21)22-7-6-13-4-5-14(19)12-15(13)20;/h4-5,12H,6-11H2,1-3H3,(H2,21,22);1H. The smallest absolute Gasteiger partial charge is 0.410 e. The summed E-state index contributed by atoms with van der Waals surface area (Å²) in [6.45, 7) is 7.90. The van der Waals surface area contributed by atoms with E-state index in [1.807, 2.05) is 25.7 Å². The van der Waals surface area contributed by atoms with Crippen LogP contribution in [-0.4, -0.2) is 60.2 Å². The molecule has 0 atom stereocenters. The molecular formula is C18H27F2IN4O2. The Kier molecular flexibility index (Phi) is 8.70. The van der Waals surface area contributed by atoms with Crippen LogP contribution in [0.25, 0.3) is 0 Å². The van der Waals surface area contributed by atoms with Crippen molar-refractivity contribution in [1.29, 1.82) is 0 Å². The second kappa shape index (κ2) is 10.0. The summed E-state index contributed by atoms with van der Waals surface area (Å²) in [5.41, 5.74) is 5.86. The minimum Gasteiger partial charge on any atom is -0.444 e. The molecule has 0 saturated carbocycles. The summed E-state index contributed by atoms with van der Waals surface area (Å²) in [4.78, 5) is 19.8. The quantitative estimate of drug-likeness (QED) is 0.397. The average molecular weight is 496 g/mol. The molecule has 27 heavy (non-hydrogen) atoms. The molecule has 1 aromatic rings. The first-order chi connectivity index (χ1) is 12.2. The Balaban J connectivity index is 0.00000364. The third-order valence-corrected chi connectivity index (χ3v) is 3.93. The fourth-order valence-corrected chi connectivity index (χ4v) is 2.56. The minimum atomic E-state index is -0.600. The molecule has 1 saturated heterocycles. The molecule has 2 rings (SSSR count). The van der Waals surface area contributed by atoms with Crippen molar-refractivity contribution in [3.8, 4) is 0 Å². The molecule has 0 bridgehead atoms. The van der Waals surface area contributed by atoms with Gasteiger partial charge in [0, 0.05) is 38.8 Å². The number of hydrogen-bond acceptors (Lipinski definition) is 3. The topological polar surface area (TPSA) is 71.2 Å². The van der Waals surface area contributed by atoms with Crippen molar-refractivity contribution < 1.29 is 18.3 Å². The van der Waals surface area contributed by atoms with Gasteiger partial charge in [-0.15, -0.1) is 24.0 Å². The number of piperazine rings is 1. The number of rotatable bonds is 3. The van der Waals surface area contributed by atoms with Crippen LogP contribution in [0.5, 0.6) is 0 Å². The number of carbonyl (C=O) groups is 1. The average Bonchev–Trinajstić information content (AvgIpc) is 2.55. The first-order valence-corrected chi connectivity index (χ1v) is 8.62. The molecule has 1 aliphatic heterocycles. The normalized spacial score (nSPS) is 15.4. The van der Waals surface area contributed by atoms with E-state index in [1.165, 1.54) is 12.1 Å². The van der Waals surface area contributed by atoms with Crippen LogP contribution in [0.15, 0.2) is 23.2 Å². The molecule has 0 radical (unpaired) electrons. The van der Waals surface area contributed by atoms with Gasteiger partial charge in [-0.3, -0.25) is 4.99 Å². The lowest BCUT2D eigenvalue weighted by Crippen LogP contribution is -2.53. The van der Waals surface area contributed by atoms with Crippen molar-refractivity contribution in [3.05, 3.63) is 35.4 Å². The number of ether oxygens (including phenoxy) is 1. The van der Waals surface area contributed by atoms with Crippen LogP contribution in [-0.2, 0) is 11.2 Å². The minimum absolute atomic E-state index is 0. The van der Waals surface area contributed by atoms with E-state index in [2.05, 4.69) is 4.99 Å². The Morgan fingerprint density at radius 1 is 1.19 bits per heavy atom. The molecule has 6 nitrogen and oxygen atoms in total. The molecule has 1 amide bonds. The second-order valence-electron chi connectivity index (χ2n) is 7.18. The van der Waals surface area contributed by atoms with Gasteiger partial charge in [0.05, 0.1) is 0 Å². The largest absolute Gasteiger partial charge is 0.444 e. The Bertz CT molecular complexity index is 672. The van der Waals surface area contributed by atoms with E-state index in [0.29, 0.717) is 50.7 Å². The predicted octanol–water partition coefficient (Wildman–Crippen LogP) is 2.99. The molecule has 1 aromatic carbocycles. The summed E-state index contributed by atoms with van der Waals surface area (Å²) >= 11 is 0. The highest BCUT2D eigenvalue weighted by molar-refractivity contribution is 14.0. The van der Waals surface area contributed by atoms with Crippen molar-refractivity contribution >= 4 is 36.0 Å². The monoisotopic (exact) mass is 496 g/mol. The predicted molar refractivity (Wildman–Crippen MR) is 111 cm³/mol. The Labute approximate surface area is 175 Å².